The van der Waals surface area contributed by atoms with Gasteiger partial charge in [-0.25, -0.2) is 0 Å². The van der Waals surface area contributed by atoms with Crippen molar-refractivity contribution in [3.63, 3.8) is 0 Å². The third kappa shape index (κ3) is 3.57. The van der Waals surface area contributed by atoms with Crippen LogP contribution < -0.4 is 0 Å². The van der Waals surface area contributed by atoms with Gasteiger partial charge in [-0.3, -0.25) is 9.59 Å². The third-order valence-electron chi connectivity index (χ3n) is 12.0. The molecule has 10 atom stereocenters. The third-order valence-corrected chi connectivity index (χ3v) is 17.3. The molecule has 2 bridgehead atoms. The van der Waals surface area contributed by atoms with Crippen molar-refractivity contribution in [1.29, 1.82) is 0 Å². The summed E-state index contributed by atoms with van der Waals surface area (Å²) < 4.78 is 31.9. The molecule has 3 aliphatic carbocycles. The van der Waals surface area contributed by atoms with Crippen molar-refractivity contribution in [1.82, 2.24) is 0 Å². The summed E-state index contributed by atoms with van der Waals surface area (Å²) in [6.45, 7) is 13.8. The second kappa shape index (κ2) is 9.76. The highest BCUT2D eigenvalue weighted by Crippen LogP contribution is 2.68. The molecule has 0 aromatic carbocycles. The number of esters is 1. The Morgan fingerprint density at radius 2 is 2.00 bits per heavy atom. The van der Waals surface area contributed by atoms with E-state index in [9.17, 15) is 14.7 Å². The minimum Gasteiger partial charge on any atom is -0.481 e. The lowest BCUT2D eigenvalue weighted by Gasteiger charge is -2.52. The molecule has 0 radical (unpaired) electrons. The number of carboxylic acids is 1. The molecular weight excluding hydrogens is 528 g/mol. The number of allylic oxidation sites excluding steroid dienone is 1. The maximum absolute atomic E-state index is 13.6. The smallest absolute Gasteiger partial charge is 0.315 e. The van der Waals surface area contributed by atoms with Gasteiger partial charge in [-0.1, -0.05) is 64.8 Å². The number of cyclic esters (lactones) is 1. The van der Waals surface area contributed by atoms with Gasteiger partial charge in [-0.05, 0) is 42.8 Å². The number of carbonyl (C=O) groups excluding carboxylic acids is 1. The Bertz CT molecular complexity index is 1100. The maximum atomic E-state index is 13.6. The molecule has 2 saturated carbocycles. The Labute approximate surface area is 238 Å². The number of fused-ring (bicyclic) bond motifs is 4. The zero-order valence-electron chi connectivity index (χ0n) is 24.6. The summed E-state index contributed by atoms with van der Waals surface area (Å²) in [5.41, 5.74) is -1.59. The summed E-state index contributed by atoms with van der Waals surface area (Å²) in [5.74, 6) is -2.76. The van der Waals surface area contributed by atoms with Crippen molar-refractivity contribution in [2.24, 2.45) is 34.5 Å². The number of carbonyl (C=O) groups is 2. The number of carboxylic acid groups (broad SMARTS) is 1. The molecule has 8 nitrogen and oxygen atoms in total. The Kier molecular flexibility index (Phi) is 6.98. The molecule has 40 heavy (non-hydrogen) atoms. The van der Waals surface area contributed by atoms with Gasteiger partial charge in [0.05, 0.1) is 18.6 Å². The molecule has 1 spiro atoms. The molecule has 6 rings (SSSR count). The molecule has 1 N–H and O–H groups in total. The number of aliphatic carboxylic acids is 1. The number of ether oxygens (including phenoxy) is 4. The Morgan fingerprint density at radius 1 is 1.25 bits per heavy atom. The first kappa shape index (κ1) is 28.6. The molecular formula is C31H46O8Si. The summed E-state index contributed by atoms with van der Waals surface area (Å²) in [5, 5.41) is 11.1. The molecule has 0 aromatic heterocycles. The van der Waals surface area contributed by atoms with Crippen molar-refractivity contribution in [3.05, 3.63) is 24.3 Å². The van der Waals surface area contributed by atoms with E-state index in [2.05, 4.69) is 40.3 Å². The quantitative estimate of drug-likeness (QED) is 0.233. The van der Waals surface area contributed by atoms with Crippen LogP contribution in [0, 0.1) is 34.5 Å². The van der Waals surface area contributed by atoms with Gasteiger partial charge in [-0.15, -0.1) is 0 Å². The summed E-state index contributed by atoms with van der Waals surface area (Å²) in [6, 6.07) is 1.91. The molecule has 3 heterocycles. The van der Waals surface area contributed by atoms with Crippen LogP contribution in [0.25, 0.3) is 0 Å². The highest BCUT2D eigenvalue weighted by molar-refractivity contribution is 6.75. The largest absolute Gasteiger partial charge is 0.481 e. The van der Waals surface area contributed by atoms with Gasteiger partial charge in [0, 0.05) is 30.8 Å². The van der Waals surface area contributed by atoms with Crippen molar-refractivity contribution >= 4 is 20.3 Å². The van der Waals surface area contributed by atoms with Crippen LogP contribution in [0.1, 0.15) is 66.2 Å². The van der Waals surface area contributed by atoms with E-state index < -0.39 is 67.2 Å². The topological polar surface area (TPSA) is 101 Å². The standard InChI is InChI=1S/C31H46O8Si/c1-7-40(8-2,18(3)4)39-31-16-23(35-6)38-28(31)37-22-15-21(31)19(5)24(22)30(27(33)34)14-12-20-11-9-10-13-29(20)17-36-26(32)25(29)30/h12,14,18,20-25,28H,5,7-11,13,15-17H2,1-4,6H3,(H,33,34)/t20-,21-,22+,23?,24+,25-,28-,29-,30+,31+/m1/s1. The van der Waals surface area contributed by atoms with Gasteiger partial charge < -0.3 is 28.5 Å². The highest BCUT2D eigenvalue weighted by Gasteiger charge is 2.75. The van der Waals surface area contributed by atoms with Gasteiger partial charge >= 0.3 is 11.9 Å². The van der Waals surface area contributed by atoms with Crippen molar-refractivity contribution in [3.8, 4) is 0 Å². The second-order valence-corrected chi connectivity index (χ2v) is 18.5. The minimum atomic E-state index is -2.23. The summed E-state index contributed by atoms with van der Waals surface area (Å²) in [6.07, 6.45) is 7.20. The monoisotopic (exact) mass is 574 g/mol. The average molecular weight is 575 g/mol. The fraction of sp³-hybridized carbons (Fsp3) is 0.806. The molecule has 0 aromatic rings. The van der Waals surface area contributed by atoms with Crippen molar-refractivity contribution < 1.29 is 38.1 Å². The maximum Gasteiger partial charge on any atom is 0.315 e. The minimum absolute atomic E-state index is 0.145. The molecule has 6 aliphatic rings. The van der Waals surface area contributed by atoms with Crippen LogP contribution in [0.4, 0.5) is 0 Å². The van der Waals surface area contributed by atoms with Gasteiger partial charge in [0.1, 0.15) is 11.0 Å². The van der Waals surface area contributed by atoms with Crippen LogP contribution in [-0.4, -0.2) is 63.4 Å². The number of rotatable bonds is 8. The van der Waals surface area contributed by atoms with E-state index >= 15 is 0 Å². The summed E-state index contributed by atoms with van der Waals surface area (Å²) in [4.78, 5) is 27.1. The first-order valence-corrected chi connectivity index (χ1v) is 17.8. The van der Waals surface area contributed by atoms with Gasteiger partial charge in [0.2, 0.25) is 0 Å². The zero-order valence-corrected chi connectivity index (χ0v) is 25.6. The summed E-state index contributed by atoms with van der Waals surface area (Å²) in [7, 11) is -0.599. The molecule has 3 aliphatic heterocycles. The number of methoxy groups -OCH3 is 1. The van der Waals surface area contributed by atoms with E-state index in [4.69, 9.17) is 23.4 Å². The van der Waals surface area contributed by atoms with Gasteiger partial charge in [-0.2, -0.15) is 0 Å². The van der Waals surface area contributed by atoms with Crippen LogP contribution in [0.5, 0.6) is 0 Å². The molecule has 5 fully saturated rings. The molecule has 3 saturated heterocycles. The Hall–Kier alpha value is -1.52. The van der Waals surface area contributed by atoms with Crippen molar-refractivity contribution in [2.75, 3.05) is 13.7 Å². The number of hydrogen-bond donors (Lipinski definition) is 1. The zero-order chi connectivity index (χ0) is 28.7. The Morgan fingerprint density at radius 3 is 2.65 bits per heavy atom. The van der Waals surface area contributed by atoms with Crippen LogP contribution >= 0.6 is 0 Å². The average Bonchev–Trinajstić information content (AvgIpc) is 3.58. The summed E-state index contributed by atoms with van der Waals surface area (Å²) >= 11 is 0. The first-order chi connectivity index (χ1) is 19.0. The van der Waals surface area contributed by atoms with E-state index in [-0.39, 0.29) is 11.8 Å². The molecule has 0 amide bonds. The first-order valence-electron chi connectivity index (χ1n) is 15.4. The van der Waals surface area contributed by atoms with Crippen LogP contribution in [-0.2, 0) is 33.0 Å². The van der Waals surface area contributed by atoms with Gasteiger partial charge in [0.25, 0.3) is 0 Å². The van der Waals surface area contributed by atoms with E-state index in [1.165, 1.54) is 0 Å². The lowest BCUT2D eigenvalue weighted by Crippen LogP contribution is -2.60. The molecule has 9 heteroatoms. The van der Waals surface area contributed by atoms with Crippen LogP contribution in [0.3, 0.4) is 0 Å². The highest BCUT2D eigenvalue weighted by atomic mass is 28.4. The van der Waals surface area contributed by atoms with Crippen LogP contribution in [0.2, 0.25) is 17.6 Å². The predicted octanol–water partition coefficient (Wildman–Crippen LogP) is 5.44. The van der Waals surface area contributed by atoms with E-state index in [0.717, 1.165) is 43.3 Å². The van der Waals surface area contributed by atoms with E-state index in [0.29, 0.717) is 25.0 Å². The fourth-order valence-corrected chi connectivity index (χ4v) is 13.6. The normalized spacial score (nSPS) is 45.8. The predicted molar refractivity (Wildman–Crippen MR) is 150 cm³/mol. The van der Waals surface area contributed by atoms with E-state index in [1.54, 1.807) is 7.11 Å². The van der Waals surface area contributed by atoms with Gasteiger partial charge in [0.15, 0.2) is 20.9 Å². The Balaban J connectivity index is 1.46. The van der Waals surface area contributed by atoms with Crippen LogP contribution in [0.15, 0.2) is 24.3 Å². The number of hydrogen-bond acceptors (Lipinski definition) is 7. The lowest BCUT2D eigenvalue weighted by atomic mass is 9.47. The molecule has 222 valence electrons. The second-order valence-electron chi connectivity index (χ2n) is 13.6. The SMILES string of the molecule is C=C1[C@H]2C[C@H](O[C@@H]3OC(OC)C[C@@]32O[Si](CC)(CC)C(C)C)[C@H]1[C@@]1(C(=O)O)C=C[C@H]2CCCC[C@@]23COC(=O)[C@H]31. The van der Waals surface area contributed by atoms with Crippen molar-refractivity contribution in [2.45, 2.75) is 108 Å². The van der Waals surface area contributed by atoms with E-state index in [1.807, 2.05) is 6.08 Å². The fourth-order valence-electron chi connectivity index (χ4n) is 9.89. The lowest BCUT2D eigenvalue weighted by molar-refractivity contribution is -0.270. The molecule has 1 unspecified atom stereocenters.